The second-order valence-electron chi connectivity index (χ2n) is 7.95. The molecule has 5 nitrogen and oxygen atoms in total. The molecule has 1 aliphatic rings. The highest BCUT2D eigenvalue weighted by atomic mass is 32.2. The van der Waals surface area contributed by atoms with Crippen LogP contribution in [0, 0.1) is 11.8 Å². The number of hydrogen-bond acceptors (Lipinski definition) is 4. The summed E-state index contributed by atoms with van der Waals surface area (Å²) in [6.45, 7) is 7.23. The van der Waals surface area contributed by atoms with E-state index in [9.17, 15) is 9.59 Å². The summed E-state index contributed by atoms with van der Waals surface area (Å²) in [5.41, 5.74) is 0.676. The molecule has 0 spiro atoms. The molecule has 152 valence electrons. The summed E-state index contributed by atoms with van der Waals surface area (Å²) >= 11 is 1.37. The van der Waals surface area contributed by atoms with Crippen LogP contribution in [0.25, 0.3) is 10.9 Å². The van der Waals surface area contributed by atoms with Crippen molar-refractivity contribution < 1.29 is 4.79 Å². The maximum absolute atomic E-state index is 12.9. The third-order valence-electron chi connectivity index (χ3n) is 5.95. The number of para-hydroxylation sites is 1. The van der Waals surface area contributed by atoms with Crippen molar-refractivity contribution in [3.05, 3.63) is 34.6 Å². The second kappa shape index (κ2) is 9.59. The Morgan fingerprint density at radius 1 is 1.29 bits per heavy atom. The molecule has 3 atom stereocenters. The molecular weight excluding hydrogens is 370 g/mol. The monoisotopic (exact) mass is 401 g/mol. The lowest BCUT2D eigenvalue weighted by Gasteiger charge is -2.34. The average molecular weight is 402 g/mol. The molecule has 0 unspecified atom stereocenters. The number of carbonyl (C=O) groups is 1. The number of thioether (sulfide) groups is 1. The number of amides is 1. The zero-order valence-corrected chi connectivity index (χ0v) is 17.9. The number of fused-ring (bicyclic) bond motifs is 1. The van der Waals surface area contributed by atoms with E-state index >= 15 is 0 Å². The Morgan fingerprint density at radius 2 is 2.07 bits per heavy atom. The largest absolute Gasteiger partial charge is 0.352 e. The molecule has 0 radical (unpaired) electrons. The lowest BCUT2D eigenvalue weighted by molar-refractivity contribution is -0.120. The van der Waals surface area contributed by atoms with Gasteiger partial charge < -0.3 is 5.32 Å². The molecular formula is C22H31N3O2S. The average Bonchev–Trinajstić information content (AvgIpc) is 2.69. The molecule has 28 heavy (non-hydrogen) atoms. The third-order valence-corrected chi connectivity index (χ3v) is 6.92. The first-order chi connectivity index (χ1) is 13.5. The highest BCUT2D eigenvalue weighted by Gasteiger charge is 2.28. The van der Waals surface area contributed by atoms with Gasteiger partial charge in [0, 0.05) is 12.6 Å². The SMILES string of the molecule is CCCCn1c(SCC(=O)N[C@@H]2CCC[C@H](C)[C@@H]2C)nc2ccccc2c1=O. The van der Waals surface area contributed by atoms with E-state index in [2.05, 4.69) is 31.1 Å². The van der Waals surface area contributed by atoms with Crippen molar-refractivity contribution in [1.82, 2.24) is 14.9 Å². The van der Waals surface area contributed by atoms with Gasteiger partial charge in [-0.05, 0) is 36.8 Å². The molecule has 6 heteroatoms. The fourth-order valence-electron chi connectivity index (χ4n) is 3.94. The minimum absolute atomic E-state index is 0.0170. The molecule has 1 N–H and O–H groups in total. The third kappa shape index (κ3) is 4.77. The van der Waals surface area contributed by atoms with Gasteiger partial charge in [-0.3, -0.25) is 14.2 Å². The molecule has 1 aliphatic carbocycles. The molecule has 0 saturated heterocycles. The fraction of sp³-hybridized carbons (Fsp3) is 0.591. The van der Waals surface area contributed by atoms with Crippen LogP contribution in [0.5, 0.6) is 0 Å². The Kier molecular flexibility index (Phi) is 7.16. The normalized spacial score (nSPS) is 22.3. The van der Waals surface area contributed by atoms with E-state index in [0.29, 0.717) is 34.4 Å². The summed E-state index contributed by atoms with van der Waals surface area (Å²) in [6, 6.07) is 7.68. The first-order valence-corrected chi connectivity index (χ1v) is 11.4. The quantitative estimate of drug-likeness (QED) is 0.557. The zero-order chi connectivity index (χ0) is 20.1. The lowest BCUT2D eigenvalue weighted by atomic mass is 9.78. The summed E-state index contributed by atoms with van der Waals surface area (Å²) in [7, 11) is 0. The van der Waals surface area contributed by atoms with Crippen LogP contribution < -0.4 is 10.9 Å². The van der Waals surface area contributed by atoms with Crippen LogP contribution in [0.3, 0.4) is 0 Å². The molecule has 1 fully saturated rings. The minimum atomic E-state index is -0.0170. The molecule has 1 amide bonds. The predicted octanol–water partition coefficient (Wildman–Crippen LogP) is 4.23. The molecule has 1 saturated carbocycles. The molecule has 2 aromatic rings. The summed E-state index contributed by atoms with van der Waals surface area (Å²) in [6.07, 6.45) is 5.38. The van der Waals surface area contributed by atoms with E-state index in [-0.39, 0.29) is 23.3 Å². The highest BCUT2D eigenvalue weighted by Crippen LogP contribution is 2.29. The van der Waals surface area contributed by atoms with Gasteiger partial charge in [0.25, 0.3) is 5.56 Å². The maximum Gasteiger partial charge on any atom is 0.262 e. The van der Waals surface area contributed by atoms with Gasteiger partial charge in [0.15, 0.2) is 5.16 Å². The first-order valence-electron chi connectivity index (χ1n) is 10.4. The van der Waals surface area contributed by atoms with Gasteiger partial charge in [0.05, 0.1) is 16.7 Å². The van der Waals surface area contributed by atoms with Gasteiger partial charge in [0.1, 0.15) is 0 Å². The summed E-state index contributed by atoms with van der Waals surface area (Å²) in [5.74, 6) is 1.46. The van der Waals surface area contributed by atoms with Crippen LogP contribution in [0.1, 0.15) is 52.9 Å². The molecule has 3 rings (SSSR count). The van der Waals surface area contributed by atoms with E-state index in [1.165, 1.54) is 24.6 Å². The predicted molar refractivity (Wildman–Crippen MR) is 116 cm³/mol. The highest BCUT2D eigenvalue weighted by molar-refractivity contribution is 7.99. The van der Waals surface area contributed by atoms with Crippen LogP contribution in [0.2, 0.25) is 0 Å². The fourth-order valence-corrected chi connectivity index (χ4v) is 4.77. The van der Waals surface area contributed by atoms with Crippen molar-refractivity contribution in [2.45, 2.75) is 70.6 Å². The number of rotatable bonds is 7. The summed E-state index contributed by atoms with van der Waals surface area (Å²) < 4.78 is 1.73. The van der Waals surface area contributed by atoms with Crippen molar-refractivity contribution in [2.24, 2.45) is 11.8 Å². The van der Waals surface area contributed by atoms with E-state index in [4.69, 9.17) is 0 Å². The lowest BCUT2D eigenvalue weighted by Crippen LogP contribution is -2.44. The number of nitrogens with one attached hydrogen (secondary N) is 1. The van der Waals surface area contributed by atoms with E-state index in [1.54, 1.807) is 4.57 Å². The number of hydrogen-bond donors (Lipinski definition) is 1. The van der Waals surface area contributed by atoms with Gasteiger partial charge in [0.2, 0.25) is 5.91 Å². The van der Waals surface area contributed by atoms with Gasteiger partial charge in [-0.25, -0.2) is 4.98 Å². The maximum atomic E-state index is 12.9. The van der Waals surface area contributed by atoms with E-state index in [1.807, 2.05) is 24.3 Å². The minimum Gasteiger partial charge on any atom is -0.352 e. The standard InChI is InChI=1S/C22H31N3O2S/c1-4-5-13-25-21(27)17-10-6-7-11-19(17)24-22(25)28-14-20(26)23-18-12-8-9-15(2)16(18)3/h6-7,10-11,15-16,18H,4-5,8-9,12-14H2,1-3H3,(H,23,26)/t15-,16-,18+/m0/s1. The Morgan fingerprint density at radius 3 is 2.86 bits per heavy atom. The van der Waals surface area contributed by atoms with Gasteiger partial charge in [-0.2, -0.15) is 0 Å². The van der Waals surface area contributed by atoms with Crippen LogP contribution >= 0.6 is 11.8 Å². The number of unbranched alkanes of at least 4 members (excludes halogenated alkanes) is 1. The number of aromatic nitrogens is 2. The van der Waals surface area contributed by atoms with Gasteiger partial charge >= 0.3 is 0 Å². The van der Waals surface area contributed by atoms with E-state index in [0.717, 1.165) is 19.3 Å². The number of carbonyl (C=O) groups excluding carboxylic acids is 1. The molecule has 0 bridgehead atoms. The second-order valence-corrected chi connectivity index (χ2v) is 8.89. The smallest absolute Gasteiger partial charge is 0.262 e. The topological polar surface area (TPSA) is 64.0 Å². The summed E-state index contributed by atoms with van der Waals surface area (Å²) in [5, 5.41) is 4.48. The van der Waals surface area contributed by atoms with Crippen molar-refractivity contribution in [1.29, 1.82) is 0 Å². The van der Waals surface area contributed by atoms with Gasteiger partial charge in [-0.15, -0.1) is 0 Å². The van der Waals surface area contributed by atoms with Crippen LogP contribution in [0.15, 0.2) is 34.2 Å². The molecule has 0 aliphatic heterocycles. The zero-order valence-electron chi connectivity index (χ0n) is 17.1. The Balaban J connectivity index is 1.73. The van der Waals surface area contributed by atoms with Crippen molar-refractivity contribution in [3.8, 4) is 0 Å². The first kappa shape index (κ1) is 20.9. The number of benzene rings is 1. The van der Waals surface area contributed by atoms with Gasteiger partial charge in [-0.1, -0.05) is 63.9 Å². The Hall–Kier alpha value is -1.82. The Labute approximate surface area is 171 Å². The van der Waals surface area contributed by atoms with Crippen LogP contribution in [-0.4, -0.2) is 27.3 Å². The summed E-state index contributed by atoms with van der Waals surface area (Å²) in [4.78, 5) is 30.1. The molecule has 1 heterocycles. The Bertz CT molecular complexity index is 880. The molecule has 1 aromatic carbocycles. The number of nitrogens with zero attached hydrogens (tertiary/aromatic N) is 2. The van der Waals surface area contributed by atoms with Crippen molar-refractivity contribution >= 4 is 28.6 Å². The van der Waals surface area contributed by atoms with Crippen molar-refractivity contribution in [3.63, 3.8) is 0 Å². The van der Waals surface area contributed by atoms with Crippen molar-refractivity contribution in [2.75, 3.05) is 5.75 Å². The molecule has 1 aromatic heterocycles. The van der Waals surface area contributed by atoms with Crippen LogP contribution in [0.4, 0.5) is 0 Å². The van der Waals surface area contributed by atoms with E-state index < -0.39 is 0 Å². The van der Waals surface area contributed by atoms with Crippen LogP contribution in [-0.2, 0) is 11.3 Å².